The number of carbonyl (C=O) groups is 3. The Kier molecular flexibility index (Phi) is 5.17. The number of anilines is 1. The van der Waals surface area contributed by atoms with Gasteiger partial charge in [0.05, 0.1) is 21.6 Å². The van der Waals surface area contributed by atoms with Gasteiger partial charge in [-0.3, -0.25) is 35.1 Å². The molecule has 2 aromatic rings. The highest BCUT2D eigenvalue weighted by molar-refractivity contribution is 6.39. The summed E-state index contributed by atoms with van der Waals surface area (Å²) < 4.78 is 0. The molecule has 0 bridgehead atoms. The molecule has 0 radical (unpaired) electrons. The molecular formula is C17H9ClN4O8. The first-order valence-electron chi connectivity index (χ1n) is 7.93. The number of urea groups is 1. The second-order valence-corrected chi connectivity index (χ2v) is 6.29. The predicted octanol–water partition coefficient (Wildman–Crippen LogP) is 2.53. The van der Waals surface area contributed by atoms with Crippen molar-refractivity contribution >= 4 is 52.6 Å². The summed E-state index contributed by atoms with van der Waals surface area (Å²) in [6.45, 7) is 0. The molecule has 0 spiro atoms. The Balaban J connectivity index is 2.14. The van der Waals surface area contributed by atoms with Crippen LogP contribution in [0.5, 0.6) is 5.75 Å². The highest BCUT2D eigenvalue weighted by Crippen LogP contribution is 2.36. The molecule has 30 heavy (non-hydrogen) atoms. The summed E-state index contributed by atoms with van der Waals surface area (Å²) in [4.78, 5) is 57.8. The first-order chi connectivity index (χ1) is 14.1. The number of benzene rings is 2. The molecule has 0 aromatic heterocycles. The van der Waals surface area contributed by atoms with E-state index in [9.17, 15) is 39.7 Å². The lowest BCUT2D eigenvalue weighted by Gasteiger charge is -2.26. The molecule has 13 heteroatoms. The number of nitrogens with zero attached hydrogens (tertiary/aromatic N) is 3. The maximum atomic E-state index is 12.8. The molecule has 1 aliphatic rings. The minimum Gasteiger partial charge on any atom is -0.502 e. The Morgan fingerprint density at radius 3 is 2.23 bits per heavy atom. The van der Waals surface area contributed by atoms with Gasteiger partial charge in [-0.1, -0.05) is 11.6 Å². The van der Waals surface area contributed by atoms with Crippen LogP contribution < -0.4 is 10.2 Å². The lowest BCUT2D eigenvalue weighted by molar-refractivity contribution is -0.394. The van der Waals surface area contributed by atoms with Crippen LogP contribution in [0.3, 0.4) is 0 Å². The summed E-state index contributed by atoms with van der Waals surface area (Å²) in [5.41, 5.74) is -2.89. The van der Waals surface area contributed by atoms with Crippen molar-refractivity contribution in [2.75, 3.05) is 4.90 Å². The molecule has 0 unspecified atom stereocenters. The minimum absolute atomic E-state index is 0.0644. The van der Waals surface area contributed by atoms with E-state index in [1.165, 1.54) is 24.3 Å². The fourth-order valence-electron chi connectivity index (χ4n) is 2.62. The summed E-state index contributed by atoms with van der Waals surface area (Å²) in [6.07, 6.45) is 0.725. The van der Waals surface area contributed by atoms with E-state index in [0.717, 1.165) is 12.1 Å². The van der Waals surface area contributed by atoms with Gasteiger partial charge in [0, 0.05) is 16.7 Å². The first kappa shape index (κ1) is 20.4. The number of non-ortho nitro benzene ring substituents is 1. The van der Waals surface area contributed by atoms with Crippen molar-refractivity contribution in [3.63, 3.8) is 0 Å². The maximum absolute atomic E-state index is 12.8. The van der Waals surface area contributed by atoms with E-state index < -0.39 is 56.0 Å². The third-order valence-electron chi connectivity index (χ3n) is 4.00. The zero-order valence-corrected chi connectivity index (χ0v) is 15.3. The number of barbiturate groups is 1. The van der Waals surface area contributed by atoms with Crippen LogP contribution in [-0.4, -0.2) is 32.8 Å². The number of imide groups is 2. The molecule has 0 aliphatic carbocycles. The Morgan fingerprint density at radius 2 is 1.67 bits per heavy atom. The van der Waals surface area contributed by atoms with Gasteiger partial charge in [0.1, 0.15) is 5.57 Å². The number of halogens is 1. The normalized spacial score (nSPS) is 15.3. The summed E-state index contributed by atoms with van der Waals surface area (Å²) in [6, 6.07) is 5.69. The molecular weight excluding hydrogens is 424 g/mol. The SMILES string of the molecule is O=C1NC(=O)N(c2ccc(Cl)cc2)C(=O)/C1=C/c1cc([N+](=O)[O-])cc([N+](=O)[O-])c1O. The molecule has 1 aliphatic heterocycles. The number of amides is 4. The standard InChI is InChI=1S/C17H9ClN4O8/c18-9-1-3-10(4-2-9)20-16(25)12(15(24)19-17(20)26)6-8-5-11(21(27)28)7-13(14(8)23)22(29)30/h1-7,23H,(H,19,24,26)/b12-6+. The van der Waals surface area contributed by atoms with Crippen molar-refractivity contribution in [1.82, 2.24) is 5.32 Å². The van der Waals surface area contributed by atoms with E-state index in [0.29, 0.717) is 16.0 Å². The topological polar surface area (TPSA) is 173 Å². The molecule has 2 N–H and O–H groups in total. The van der Waals surface area contributed by atoms with Crippen molar-refractivity contribution in [3.8, 4) is 5.75 Å². The van der Waals surface area contributed by atoms with Gasteiger partial charge in [0.15, 0.2) is 0 Å². The van der Waals surface area contributed by atoms with Gasteiger partial charge in [-0.15, -0.1) is 0 Å². The number of phenolic OH excluding ortho intramolecular Hbond substituents is 1. The van der Waals surface area contributed by atoms with Crippen LogP contribution in [0, 0.1) is 20.2 Å². The number of rotatable bonds is 4. The van der Waals surface area contributed by atoms with E-state index in [2.05, 4.69) is 0 Å². The van der Waals surface area contributed by atoms with Gasteiger partial charge in [-0.05, 0) is 30.3 Å². The second kappa shape index (κ2) is 7.60. The Bertz CT molecular complexity index is 1160. The Morgan fingerprint density at radius 1 is 1.03 bits per heavy atom. The van der Waals surface area contributed by atoms with Gasteiger partial charge < -0.3 is 5.11 Å². The summed E-state index contributed by atoms with van der Waals surface area (Å²) in [5.74, 6) is -3.25. The van der Waals surface area contributed by atoms with Crippen molar-refractivity contribution < 1.29 is 29.3 Å². The fourth-order valence-corrected chi connectivity index (χ4v) is 2.74. The molecule has 1 saturated heterocycles. The van der Waals surface area contributed by atoms with Crippen molar-refractivity contribution in [1.29, 1.82) is 0 Å². The van der Waals surface area contributed by atoms with Gasteiger partial charge in [-0.2, -0.15) is 0 Å². The largest absolute Gasteiger partial charge is 0.502 e. The van der Waals surface area contributed by atoms with E-state index in [1.807, 2.05) is 5.32 Å². The number of phenols is 1. The van der Waals surface area contributed by atoms with Gasteiger partial charge >= 0.3 is 11.7 Å². The van der Waals surface area contributed by atoms with E-state index in [4.69, 9.17) is 11.6 Å². The molecule has 2 aromatic carbocycles. The van der Waals surface area contributed by atoms with Crippen LogP contribution in [0.4, 0.5) is 21.9 Å². The number of nitro groups is 2. The average Bonchev–Trinajstić information content (AvgIpc) is 2.67. The lowest BCUT2D eigenvalue weighted by Crippen LogP contribution is -2.54. The molecule has 12 nitrogen and oxygen atoms in total. The first-order valence-corrected chi connectivity index (χ1v) is 8.30. The molecule has 1 fully saturated rings. The summed E-state index contributed by atoms with van der Waals surface area (Å²) in [5, 5.41) is 34.4. The zero-order chi connectivity index (χ0) is 22.2. The highest BCUT2D eigenvalue weighted by atomic mass is 35.5. The summed E-state index contributed by atoms with van der Waals surface area (Å²) in [7, 11) is 0. The van der Waals surface area contributed by atoms with Crippen molar-refractivity contribution in [2.24, 2.45) is 0 Å². The van der Waals surface area contributed by atoms with E-state index in [1.54, 1.807) is 0 Å². The van der Waals surface area contributed by atoms with Gasteiger partial charge in [0.2, 0.25) is 5.75 Å². The van der Waals surface area contributed by atoms with E-state index >= 15 is 0 Å². The van der Waals surface area contributed by atoms with Crippen LogP contribution >= 0.6 is 11.6 Å². The number of nitrogens with one attached hydrogen (secondary N) is 1. The molecule has 0 atom stereocenters. The lowest BCUT2D eigenvalue weighted by atomic mass is 10.0. The van der Waals surface area contributed by atoms with Crippen LogP contribution in [-0.2, 0) is 9.59 Å². The predicted molar refractivity (Wildman–Crippen MR) is 102 cm³/mol. The number of hydrogen-bond acceptors (Lipinski definition) is 8. The average molecular weight is 433 g/mol. The van der Waals surface area contributed by atoms with E-state index in [-0.39, 0.29) is 5.69 Å². The monoisotopic (exact) mass is 432 g/mol. The quantitative estimate of drug-likeness (QED) is 0.320. The van der Waals surface area contributed by atoms with Crippen LogP contribution in [0.1, 0.15) is 5.56 Å². The Labute approximate surface area is 171 Å². The maximum Gasteiger partial charge on any atom is 0.335 e. The fraction of sp³-hybridized carbons (Fsp3) is 0. The van der Waals surface area contributed by atoms with Crippen LogP contribution in [0.15, 0.2) is 42.0 Å². The number of carbonyl (C=O) groups excluding carboxylic acids is 3. The molecule has 152 valence electrons. The minimum atomic E-state index is -1.15. The molecule has 3 rings (SSSR count). The van der Waals surface area contributed by atoms with Crippen molar-refractivity contribution in [3.05, 3.63) is 72.8 Å². The third-order valence-corrected chi connectivity index (χ3v) is 4.25. The highest BCUT2D eigenvalue weighted by Gasteiger charge is 2.37. The Hall–Kier alpha value is -4.32. The van der Waals surface area contributed by atoms with Gasteiger partial charge in [0.25, 0.3) is 17.5 Å². The zero-order valence-electron chi connectivity index (χ0n) is 14.6. The molecule has 0 saturated carbocycles. The third kappa shape index (κ3) is 3.66. The number of hydrogen-bond donors (Lipinski definition) is 2. The number of aromatic hydroxyl groups is 1. The number of nitro benzene ring substituents is 2. The molecule has 1 heterocycles. The molecule has 4 amide bonds. The van der Waals surface area contributed by atoms with Crippen LogP contribution in [0.2, 0.25) is 5.02 Å². The van der Waals surface area contributed by atoms with Gasteiger partial charge in [-0.25, -0.2) is 9.69 Å². The smallest absolute Gasteiger partial charge is 0.335 e. The summed E-state index contributed by atoms with van der Waals surface area (Å²) >= 11 is 5.77. The van der Waals surface area contributed by atoms with Crippen LogP contribution in [0.25, 0.3) is 6.08 Å². The second-order valence-electron chi connectivity index (χ2n) is 5.85. The van der Waals surface area contributed by atoms with Crippen molar-refractivity contribution in [2.45, 2.75) is 0 Å².